The van der Waals surface area contributed by atoms with Gasteiger partial charge in [0.25, 0.3) is 0 Å². The highest BCUT2D eigenvalue weighted by Gasteiger charge is 2.15. The highest BCUT2D eigenvalue weighted by molar-refractivity contribution is 7.16. The Hall–Kier alpha value is -2.28. The summed E-state index contributed by atoms with van der Waals surface area (Å²) in [5.41, 5.74) is 0.933. The Morgan fingerprint density at radius 3 is 2.86 bits per heavy atom. The summed E-state index contributed by atoms with van der Waals surface area (Å²) in [5, 5.41) is 12.9. The zero-order valence-corrected chi connectivity index (χ0v) is 12.5. The lowest BCUT2D eigenvalue weighted by atomic mass is 10.2. The van der Waals surface area contributed by atoms with Crippen LogP contribution in [0, 0.1) is 0 Å². The standard InChI is InChI=1S/C14H15N5OS/c1-2-18(11-6-4-3-5-7-11)13(20)9-8-12-17-19-10-15-16-14(19)21-12/h3-7,10H,2,8-9H2,1H3. The molecule has 108 valence electrons. The number of amides is 1. The number of carbonyl (C=O) groups is 1. The number of benzene rings is 1. The molecule has 7 heteroatoms. The molecule has 3 rings (SSSR count). The van der Waals surface area contributed by atoms with E-state index in [0.717, 1.165) is 15.7 Å². The van der Waals surface area contributed by atoms with Gasteiger partial charge in [0.2, 0.25) is 10.9 Å². The van der Waals surface area contributed by atoms with Crippen LogP contribution in [0.25, 0.3) is 4.96 Å². The largest absolute Gasteiger partial charge is 0.313 e. The molecule has 0 fully saturated rings. The van der Waals surface area contributed by atoms with Crippen molar-refractivity contribution in [3.63, 3.8) is 0 Å². The van der Waals surface area contributed by atoms with Crippen LogP contribution in [-0.4, -0.2) is 32.3 Å². The van der Waals surface area contributed by atoms with Crippen molar-refractivity contribution >= 4 is 27.9 Å². The van der Waals surface area contributed by atoms with Gasteiger partial charge in [0.15, 0.2) is 0 Å². The van der Waals surface area contributed by atoms with E-state index in [-0.39, 0.29) is 5.91 Å². The normalized spacial score (nSPS) is 10.9. The summed E-state index contributed by atoms with van der Waals surface area (Å²) in [7, 11) is 0. The molecule has 0 bridgehead atoms. The molecule has 2 aromatic heterocycles. The lowest BCUT2D eigenvalue weighted by Gasteiger charge is -2.20. The molecule has 0 unspecified atom stereocenters. The average molecular weight is 301 g/mol. The van der Waals surface area contributed by atoms with Crippen molar-refractivity contribution in [1.82, 2.24) is 19.8 Å². The van der Waals surface area contributed by atoms with Crippen LogP contribution in [-0.2, 0) is 11.2 Å². The Labute approximate surface area is 126 Å². The minimum Gasteiger partial charge on any atom is -0.313 e. The number of fused-ring (bicyclic) bond motifs is 1. The van der Waals surface area contributed by atoms with Crippen molar-refractivity contribution in [2.75, 3.05) is 11.4 Å². The van der Waals surface area contributed by atoms with Gasteiger partial charge >= 0.3 is 0 Å². The summed E-state index contributed by atoms with van der Waals surface area (Å²) >= 11 is 1.47. The van der Waals surface area contributed by atoms with Crippen LogP contribution in [0.15, 0.2) is 36.7 Å². The number of nitrogens with zero attached hydrogens (tertiary/aromatic N) is 5. The molecule has 0 aliphatic heterocycles. The summed E-state index contributed by atoms with van der Waals surface area (Å²) in [6.07, 6.45) is 2.63. The number of carbonyl (C=O) groups excluding carboxylic acids is 1. The molecular formula is C14H15N5OS. The number of para-hydroxylation sites is 1. The van der Waals surface area contributed by atoms with Crippen LogP contribution in [0.1, 0.15) is 18.4 Å². The van der Waals surface area contributed by atoms with Crippen molar-refractivity contribution in [2.45, 2.75) is 19.8 Å². The Morgan fingerprint density at radius 2 is 2.14 bits per heavy atom. The molecular weight excluding hydrogens is 286 g/mol. The number of aryl methyl sites for hydroxylation is 1. The van der Waals surface area contributed by atoms with Gasteiger partial charge in [-0.1, -0.05) is 29.5 Å². The van der Waals surface area contributed by atoms with E-state index in [2.05, 4.69) is 15.3 Å². The van der Waals surface area contributed by atoms with E-state index < -0.39 is 0 Å². The van der Waals surface area contributed by atoms with Gasteiger partial charge in [0, 0.05) is 25.1 Å². The molecule has 1 amide bonds. The predicted octanol–water partition coefficient (Wildman–Crippen LogP) is 2.17. The molecule has 0 aliphatic rings. The van der Waals surface area contributed by atoms with Crippen molar-refractivity contribution in [3.8, 4) is 0 Å². The topological polar surface area (TPSA) is 63.4 Å². The lowest BCUT2D eigenvalue weighted by Crippen LogP contribution is -2.30. The van der Waals surface area contributed by atoms with Gasteiger partial charge in [-0.15, -0.1) is 10.2 Å². The van der Waals surface area contributed by atoms with Gasteiger partial charge in [-0.3, -0.25) is 4.79 Å². The van der Waals surface area contributed by atoms with E-state index in [9.17, 15) is 4.79 Å². The van der Waals surface area contributed by atoms with Gasteiger partial charge in [0.05, 0.1) is 0 Å². The first kappa shape index (κ1) is 13.7. The second kappa shape index (κ2) is 6.01. The second-order valence-electron chi connectivity index (χ2n) is 4.53. The first-order chi connectivity index (χ1) is 10.3. The van der Waals surface area contributed by atoms with E-state index in [0.29, 0.717) is 19.4 Å². The second-order valence-corrected chi connectivity index (χ2v) is 5.57. The number of anilines is 1. The van der Waals surface area contributed by atoms with Crippen molar-refractivity contribution < 1.29 is 4.79 Å². The van der Waals surface area contributed by atoms with Crippen LogP contribution in [0.2, 0.25) is 0 Å². The molecule has 0 saturated carbocycles. The number of hydrogen-bond acceptors (Lipinski definition) is 5. The molecule has 6 nitrogen and oxygen atoms in total. The zero-order valence-electron chi connectivity index (χ0n) is 11.6. The fourth-order valence-electron chi connectivity index (χ4n) is 2.16. The third-order valence-corrected chi connectivity index (χ3v) is 4.14. The maximum atomic E-state index is 12.4. The average Bonchev–Trinajstić information content (AvgIpc) is 3.08. The van der Waals surface area contributed by atoms with Crippen LogP contribution in [0.4, 0.5) is 5.69 Å². The molecule has 3 aromatic rings. The molecule has 0 spiro atoms. The molecule has 0 aliphatic carbocycles. The van der Waals surface area contributed by atoms with E-state index in [1.807, 2.05) is 37.3 Å². The molecule has 0 N–H and O–H groups in total. The van der Waals surface area contributed by atoms with Crippen LogP contribution in [0.5, 0.6) is 0 Å². The van der Waals surface area contributed by atoms with Gasteiger partial charge in [0.1, 0.15) is 11.3 Å². The molecule has 1 aromatic carbocycles. The van der Waals surface area contributed by atoms with Crippen molar-refractivity contribution in [3.05, 3.63) is 41.7 Å². The van der Waals surface area contributed by atoms with E-state index in [4.69, 9.17) is 0 Å². The molecule has 2 heterocycles. The van der Waals surface area contributed by atoms with Crippen LogP contribution in [0.3, 0.4) is 0 Å². The number of hydrogen-bond donors (Lipinski definition) is 0. The van der Waals surface area contributed by atoms with E-state index >= 15 is 0 Å². The lowest BCUT2D eigenvalue weighted by molar-refractivity contribution is -0.118. The summed E-state index contributed by atoms with van der Waals surface area (Å²) in [6.45, 7) is 2.64. The predicted molar refractivity (Wildman–Crippen MR) is 81.4 cm³/mol. The fraction of sp³-hybridized carbons (Fsp3) is 0.286. The monoisotopic (exact) mass is 301 g/mol. The van der Waals surface area contributed by atoms with Crippen molar-refractivity contribution in [1.29, 1.82) is 0 Å². The molecule has 21 heavy (non-hydrogen) atoms. The van der Waals surface area contributed by atoms with Gasteiger partial charge in [-0.25, -0.2) is 0 Å². The number of rotatable bonds is 5. The van der Waals surface area contributed by atoms with Crippen LogP contribution < -0.4 is 4.90 Å². The summed E-state index contributed by atoms with van der Waals surface area (Å²) in [6, 6.07) is 9.72. The highest BCUT2D eigenvalue weighted by Crippen LogP contribution is 2.17. The third-order valence-electron chi connectivity index (χ3n) is 3.17. The summed E-state index contributed by atoms with van der Waals surface area (Å²) < 4.78 is 1.64. The van der Waals surface area contributed by atoms with Gasteiger partial charge < -0.3 is 4.90 Å². The first-order valence-corrected chi connectivity index (χ1v) is 7.60. The highest BCUT2D eigenvalue weighted by atomic mass is 32.1. The Kier molecular flexibility index (Phi) is 3.92. The Bertz CT molecular complexity index is 708. The minimum absolute atomic E-state index is 0.106. The first-order valence-electron chi connectivity index (χ1n) is 6.79. The Morgan fingerprint density at radius 1 is 1.33 bits per heavy atom. The van der Waals surface area contributed by atoms with Crippen LogP contribution >= 0.6 is 11.3 Å². The Balaban J connectivity index is 1.66. The quantitative estimate of drug-likeness (QED) is 0.724. The SMILES string of the molecule is CCN(C(=O)CCc1nn2cnnc2s1)c1ccccc1. The number of aromatic nitrogens is 4. The minimum atomic E-state index is 0.106. The maximum Gasteiger partial charge on any atom is 0.234 e. The maximum absolute atomic E-state index is 12.4. The van der Waals surface area contributed by atoms with Crippen molar-refractivity contribution in [2.24, 2.45) is 0 Å². The summed E-state index contributed by atoms with van der Waals surface area (Å²) in [4.78, 5) is 14.9. The molecule has 0 atom stereocenters. The fourth-order valence-corrected chi connectivity index (χ4v) is 2.97. The van der Waals surface area contributed by atoms with E-state index in [1.54, 1.807) is 15.7 Å². The van der Waals surface area contributed by atoms with Gasteiger partial charge in [-0.05, 0) is 19.1 Å². The smallest absolute Gasteiger partial charge is 0.234 e. The van der Waals surface area contributed by atoms with Gasteiger partial charge in [-0.2, -0.15) is 9.61 Å². The molecule has 0 radical (unpaired) electrons. The molecule has 0 saturated heterocycles. The zero-order chi connectivity index (χ0) is 14.7. The third kappa shape index (κ3) is 2.92. The summed E-state index contributed by atoms with van der Waals surface area (Å²) in [5.74, 6) is 0.106. The van der Waals surface area contributed by atoms with E-state index in [1.165, 1.54) is 11.3 Å².